The van der Waals surface area contributed by atoms with Crippen LogP contribution in [-0.2, 0) is 17.6 Å². The molecule has 1 aromatic heterocycles. The summed E-state index contributed by atoms with van der Waals surface area (Å²) in [4.78, 5) is 25.4. The molecule has 3 rings (SSSR count). The minimum absolute atomic E-state index is 0.326. The molecule has 1 aliphatic rings. The van der Waals surface area contributed by atoms with Crippen molar-refractivity contribution in [2.45, 2.75) is 39.0 Å². The van der Waals surface area contributed by atoms with Crippen molar-refractivity contribution in [1.82, 2.24) is 0 Å². The molecule has 0 bridgehead atoms. The van der Waals surface area contributed by atoms with Gasteiger partial charge in [-0.1, -0.05) is 31.9 Å². The van der Waals surface area contributed by atoms with E-state index in [4.69, 9.17) is 5.73 Å². The zero-order valence-corrected chi connectivity index (χ0v) is 16.1. The molecule has 1 unspecified atom stereocenters. The minimum Gasteiger partial charge on any atom is -0.365 e. The summed E-state index contributed by atoms with van der Waals surface area (Å²) in [6, 6.07) is 5.85. The number of amides is 2. The highest BCUT2D eigenvalue weighted by Gasteiger charge is 2.28. The van der Waals surface area contributed by atoms with E-state index in [9.17, 15) is 14.0 Å². The Morgan fingerprint density at radius 1 is 1.33 bits per heavy atom. The van der Waals surface area contributed by atoms with Crippen LogP contribution in [0.4, 0.5) is 9.39 Å². The lowest BCUT2D eigenvalue weighted by Gasteiger charge is -2.21. The standard InChI is InChI=1S/C21H23FN2O2S/c1-2-3-14-6-10-16-17(12-14)27-21(19(16)20(23)26)24-18(25)11-7-13-4-8-15(22)9-5-13/h4-5,7-9,11,14H,2-3,6,10,12H2,1H3,(H2,23,26)(H,24,25). The van der Waals surface area contributed by atoms with Gasteiger partial charge in [-0.15, -0.1) is 11.3 Å². The first kappa shape index (κ1) is 19.3. The Morgan fingerprint density at radius 2 is 2.07 bits per heavy atom. The number of primary amides is 1. The molecule has 0 radical (unpaired) electrons. The van der Waals surface area contributed by atoms with Crippen LogP contribution in [-0.4, -0.2) is 11.8 Å². The van der Waals surface area contributed by atoms with Crippen LogP contribution < -0.4 is 11.1 Å². The molecule has 142 valence electrons. The summed E-state index contributed by atoms with van der Waals surface area (Å²) in [5.41, 5.74) is 7.76. The maximum atomic E-state index is 12.9. The number of benzene rings is 1. The molecule has 1 atom stereocenters. The van der Waals surface area contributed by atoms with Crippen LogP contribution in [0.1, 0.15) is 52.5 Å². The molecule has 27 heavy (non-hydrogen) atoms. The Labute approximate surface area is 162 Å². The summed E-state index contributed by atoms with van der Waals surface area (Å²) in [7, 11) is 0. The molecule has 2 amide bonds. The number of hydrogen-bond acceptors (Lipinski definition) is 3. The topological polar surface area (TPSA) is 72.2 Å². The molecule has 0 fully saturated rings. The van der Waals surface area contributed by atoms with Crippen molar-refractivity contribution < 1.29 is 14.0 Å². The van der Waals surface area contributed by atoms with Crippen molar-refractivity contribution in [3.63, 3.8) is 0 Å². The highest BCUT2D eigenvalue weighted by Crippen LogP contribution is 2.40. The van der Waals surface area contributed by atoms with Gasteiger partial charge in [0.25, 0.3) is 5.91 Å². The predicted octanol–water partition coefficient (Wildman–Crippen LogP) is 4.54. The van der Waals surface area contributed by atoms with Gasteiger partial charge in [-0.2, -0.15) is 0 Å². The molecule has 1 aromatic carbocycles. The van der Waals surface area contributed by atoms with E-state index in [-0.39, 0.29) is 11.7 Å². The van der Waals surface area contributed by atoms with Gasteiger partial charge < -0.3 is 11.1 Å². The molecule has 1 heterocycles. The van der Waals surface area contributed by atoms with Crippen LogP contribution in [0, 0.1) is 11.7 Å². The monoisotopic (exact) mass is 386 g/mol. The number of nitrogens with two attached hydrogens (primary N) is 1. The Kier molecular flexibility index (Phi) is 6.06. The first-order valence-electron chi connectivity index (χ1n) is 9.17. The fourth-order valence-electron chi connectivity index (χ4n) is 3.56. The van der Waals surface area contributed by atoms with Gasteiger partial charge in [0.05, 0.1) is 5.56 Å². The number of hydrogen-bond donors (Lipinski definition) is 2. The lowest BCUT2D eigenvalue weighted by molar-refractivity contribution is -0.111. The fourth-order valence-corrected chi connectivity index (χ4v) is 4.93. The second-order valence-corrected chi connectivity index (χ2v) is 7.95. The highest BCUT2D eigenvalue weighted by atomic mass is 32.1. The normalized spacial score (nSPS) is 16.3. The summed E-state index contributed by atoms with van der Waals surface area (Å²) >= 11 is 1.46. The van der Waals surface area contributed by atoms with Crippen molar-refractivity contribution in [2.75, 3.05) is 5.32 Å². The zero-order valence-electron chi connectivity index (χ0n) is 15.3. The van der Waals surface area contributed by atoms with Crippen LogP contribution >= 0.6 is 11.3 Å². The van der Waals surface area contributed by atoms with Crippen molar-refractivity contribution in [1.29, 1.82) is 0 Å². The van der Waals surface area contributed by atoms with Gasteiger partial charge in [-0.3, -0.25) is 9.59 Å². The third-order valence-corrected chi connectivity index (χ3v) is 6.01. The summed E-state index contributed by atoms with van der Waals surface area (Å²) in [5.74, 6) is -0.540. The van der Waals surface area contributed by atoms with Crippen molar-refractivity contribution in [3.05, 3.63) is 57.7 Å². The molecule has 0 aliphatic heterocycles. The Bertz CT molecular complexity index is 871. The molecule has 3 N–H and O–H groups in total. The Morgan fingerprint density at radius 3 is 2.74 bits per heavy atom. The molecule has 2 aromatic rings. The highest BCUT2D eigenvalue weighted by molar-refractivity contribution is 7.17. The predicted molar refractivity (Wildman–Crippen MR) is 107 cm³/mol. The first-order valence-corrected chi connectivity index (χ1v) is 9.98. The average molecular weight is 386 g/mol. The van der Waals surface area contributed by atoms with E-state index in [0.717, 1.165) is 41.7 Å². The largest absolute Gasteiger partial charge is 0.365 e. The van der Waals surface area contributed by atoms with Gasteiger partial charge in [-0.05, 0) is 54.5 Å². The van der Waals surface area contributed by atoms with E-state index in [2.05, 4.69) is 12.2 Å². The van der Waals surface area contributed by atoms with E-state index < -0.39 is 5.91 Å². The molecule has 0 saturated carbocycles. The number of nitrogens with one attached hydrogen (secondary N) is 1. The van der Waals surface area contributed by atoms with Gasteiger partial charge in [0.1, 0.15) is 10.8 Å². The number of halogens is 1. The third-order valence-electron chi connectivity index (χ3n) is 4.84. The Balaban J connectivity index is 1.77. The summed E-state index contributed by atoms with van der Waals surface area (Å²) < 4.78 is 12.9. The number of thiophene rings is 1. The SMILES string of the molecule is CCCC1CCc2c(sc(NC(=O)C=Cc3ccc(F)cc3)c2C(N)=O)C1. The summed E-state index contributed by atoms with van der Waals surface area (Å²) in [6.45, 7) is 2.18. The van der Waals surface area contributed by atoms with E-state index in [1.54, 1.807) is 18.2 Å². The van der Waals surface area contributed by atoms with Gasteiger partial charge in [-0.25, -0.2) is 4.39 Å². The third kappa shape index (κ3) is 4.63. The van der Waals surface area contributed by atoms with E-state index >= 15 is 0 Å². The maximum absolute atomic E-state index is 12.9. The number of carbonyl (C=O) groups is 2. The zero-order chi connectivity index (χ0) is 19.4. The fraction of sp³-hybridized carbons (Fsp3) is 0.333. The van der Waals surface area contributed by atoms with Crippen molar-refractivity contribution >= 4 is 34.2 Å². The summed E-state index contributed by atoms with van der Waals surface area (Å²) in [6.07, 6.45) is 8.11. The second-order valence-electron chi connectivity index (χ2n) is 6.84. The van der Waals surface area contributed by atoms with E-state index in [0.29, 0.717) is 16.5 Å². The average Bonchev–Trinajstić information content (AvgIpc) is 2.98. The minimum atomic E-state index is -0.501. The van der Waals surface area contributed by atoms with Crippen molar-refractivity contribution in [2.24, 2.45) is 11.7 Å². The number of anilines is 1. The van der Waals surface area contributed by atoms with Gasteiger partial charge >= 0.3 is 0 Å². The summed E-state index contributed by atoms with van der Waals surface area (Å²) in [5, 5.41) is 3.32. The quantitative estimate of drug-likeness (QED) is 0.715. The molecule has 1 aliphatic carbocycles. The molecule has 0 saturated heterocycles. The van der Waals surface area contributed by atoms with Gasteiger partial charge in [0, 0.05) is 11.0 Å². The smallest absolute Gasteiger partial charge is 0.251 e. The lowest BCUT2D eigenvalue weighted by Crippen LogP contribution is -2.19. The molecular formula is C21H23FN2O2S. The van der Waals surface area contributed by atoms with Crippen molar-refractivity contribution in [3.8, 4) is 0 Å². The molecule has 6 heteroatoms. The number of fused-ring (bicyclic) bond motifs is 1. The first-order chi connectivity index (χ1) is 13.0. The van der Waals surface area contributed by atoms with Gasteiger partial charge in [0.2, 0.25) is 5.91 Å². The van der Waals surface area contributed by atoms with Crippen LogP contribution in [0.25, 0.3) is 6.08 Å². The second kappa shape index (κ2) is 8.48. The van der Waals surface area contributed by atoms with Gasteiger partial charge in [0.15, 0.2) is 0 Å². The number of rotatable bonds is 6. The molecule has 0 spiro atoms. The van der Waals surface area contributed by atoms with Crippen LogP contribution in [0.2, 0.25) is 0 Å². The van der Waals surface area contributed by atoms with E-state index in [1.165, 1.54) is 36.0 Å². The Hall–Kier alpha value is -2.47. The van der Waals surface area contributed by atoms with Crippen LogP contribution in [0.3, 0.4) is 0 Å². The number of carbonyl (C=O) groups excluding carboxylic acids is 2. The molecule has 4 nitrogen and oxygen atoms in total. The van der Waals surface area contributed by atoms with Crippen LogP contribution in [0.5, 0.6) is 0 Å². The van der Waals surface area contributed by atoms with Crippen LogP contribution in [0.15, 0.2) is 30.3 Å². The molecular weight excluding hydrogens is 363 g/mol. The maximum Gasteiger partial charge on any atom is 0.251 e. The van der Waals surface area contributed by atoms with E-state index in [1.807, 2.05) is 0 Å². The lowest BCUT2D eigenvalue weighted by atomic mass is 9.84.